The van der Waals surface area contributed by atoms with Crippen LogP contribution >= 0.6 is 0 Å². The lowest BCUT2D eigenvalue weighted by molar-refractivity contribution is -0.117. The van der Waals surface area contributed by atoms with Gasteiger partial charge in [-0.05, 0) is 74.8 Å². The van der Waals surface area contributed by atoms with E-state index in [-0.39, 0.29) is 42.4 Å². The fraction of sp³-hybridized carbons (Fsp3) is 0.394. The Hall–Kier alpha value is -3.88. The number of hydrogen-bond acceptors (Lipinski definition) is 6. The van der Waals surface area contributed by atoms with Crippen LogP contribution in [0.3, 0.4) is 0 Å². The first-order valence-electron chi connectivity index (χ1n) is 14.3. The van der Waals surface area contributed by atoms with Crippen LogP contribution in [-0.4, -0.2) is 65.6 Å². The molecule has 216 valence electrons. The summed E-state index contributed by atoms with van der Waals surface area (Å²) in [6.45, 7) is 5.58. The van der Waals surface area contributed by atoms with Crippen molar-refractivity contribution in [3.8, 4) is 17.2 Å². The zero-order valence-corrected chi connectivity index (χ0v) is 24.0. The summed E-state index contributed by atoms with van der Waals surface area (Å²) in [5, 5.41) is 12.9. The molecule has 1 saturated carbocycles. The first-order chi connectivity index (χ1) is 19.8. The minimum Gasteiger partial charge on any atom is -0.488 e. The first-order valence-corrected chi connectivity index (χ1v) is 14.3. The lowest BCUT2D eigenvalue weighted by Gasteiger charge is -2.38. The molecule has 1 fully saturated rings. The van der Waals surface area contributed by atoms with Crippen LogP contribution in [0.25, 0.3) is 0 Å². The second-order valence-corrected chi connectivity index (χ2v) is 11.4. The molecule has 1 aliphatic carbocycles. The molecule has 0 saturated heterocycles. The maximum Gasteiger partial charge on any atom is 0.258 e. The third-order valence-corrected chi connectivity index (χ3v) is 7.73. The van der Waals surface area contributed by atoms with Gasteiger partial charge in [-0.25, -0.2) is 0 Å². The molecular weight excluding hydrogens is 518 g/mol. The van der Waals surface area contributed by atoms with E-state index in [9.17, 15) is 14.7 Å². The molecule has 1 aliphatic heterocycles. The number of hydrogen-bond donors (Lipinski definition) is 2. The maximum atomic E-state index is 13.6. The van der Waals surface area contributed by atoms with E-state index in [2.05, 4.69) is 36.3 Å². The number of likely N-dealkylation sites (N-methyl/N-ethyl adjacent to an activating group) is 1. The van der Waals surface area contributed by atoms with Crippen LogP contribution in [0.1, 0.15) is 42.6 Å². The summed E-state index contributed by atoms with van der Waals surface area (Å²) in [5.74, 6) is 1.92. The van der Waals surface area contributed by atoms with Crippen LogP contribution in [0.4, 0.5) is 5.69 Å². The summed E-state index contributed by atoms with van der Waals surface area (Å²) in [4.78, 5) is 29.9. The maximum absolute atomic E-state index is 13.6. The molecule has 0 aromatic heterocycles. The third kappa shape index (κ3) is 7.26. The molecule has 8 nitrogen and oxygen atoms in total. The van der Waals surface area contributed by atoms with Crippen molar-refractivity contribution in [3.63, 3.8) is 0 Å². The standard InChI is InChI=1S/C33H39N3O5/c1-22-18-36(23(2)21-37)33(39)29-17-26(34-32(38)25-11-12-25)13-16-30(29)41-31(22)20-35(3)19-24-9-14-28(15-10-24)40-27-7-5-4-6-8-27/h4-10,13-17,22-23,25,31,37H,11-12,18-21H2,1-3H3,(H,34,38)/t22-,23-,31-/m1/s1. The highest BCUT2D eigenvalue weighted by Gasteiger charge is 2.34. The summed E-state index contributed by atoms with van der Waals surface area (Å²) >= 11 is 0. The predicted octanol–water partition coefficient (Wildman–Crippen LogP) is 5.18. The van der Waals surface area contributed by atoms with Crippen molar-refractivity contribution in [1.82, 2.24) is 9.80 Å². The number of ether oxygens (including phenoxy) is 2. The lowest BCUT2D eigenvalue weighted by atomic mass is 9.99. The Labute approximate surface area is 241 Å². The molecule has 8 heteroatoms. The molecule has 5 rings (SSSR count). The number of rotatable bonds is 10. The Bertz CT molecular complexity index is 1340. The van der Waals surface area contributed by atoms with Gasteiger partial charge in [0.2, 0.25) is 5.91 Å². The van der Waals surface area contributed by atoms with Gasteiger partial charge in [-0.15, -0.1) is 0 Å². The third-order valence-electron chi connectivity index (χ3n) is 7.73. The zero-order valence-electron chi connectivity index (χ0n) is 24.0. The second kappa shape index (κ2) is 12.7. The highest BCUT2D eigenvalue weighted by Crippen LogP contribution is 2.33. The summed E-state index contributed by atoms with van der Waals surface area (Å²) < 4.78 is 12.4. The monoisotopic (exact) mass is 557 g/mol. The quantitative estimate of drug-likeness (QED) is 0.357. The normalized spacial score (nSPS) is 19.5. The summed E-state index contributed by atoms with van der Waals surface area (Å²) in [6, 6.07) is 22.7. The van der Waals surface area contributed by atoms with Crippen molar-refractivity contribution in [1.29, 1.82) is 0 Å². The van der Waals surface area contributed by atoms with Gasteiger partial charge < -0.3 is 24.8 Å². The van der Waals surface area contributed by atoms with Gasteiger partial charge in [-0.1, -0.05) is 37.3 Å². The Morgan fingerprint density at radius 3 is 2.49 bits per heavy atom. The Morgan fingerprint density at radius 1 is 1.10 bits per heavy atom. The first kappa shape index (κ1) is 28.6. The van der Waals surface area contributed by atoms with Crippen molar-refractivity contribution in [2.45, 2.75) is 45.4 Å². The molecule has 3 aromatic rings. The van der Waals surface area contributed by atoms with Gasteiger partial charge in [0.05, 0.1) is 18.2 Å². The number of carbonyl (C=O) groups is 2. The average molecular weight is 558 g/mol. The number of para-hydroxylation sites is 1. The summed E-state index contributed by atoms with van der Waals surface area (Å²) in [5.41, 5.74) is 2.12. The van der Waals surface area contributed by atoms with Gasteiger partial charge in [0.25, 0.3) is 5.91 Å². The van der Waals surface area contributed by atoms with E-state index >= 15 is 0 Å². The van der Waals surface area contributed by atoms with Crippen LogP contribution in [0, 0.1) is 11.8 Å². The van der Waals surface area contributed by atoms with Crippen LogP contribution < -0.4 is 14.8 Å². The van der Waals surface area contributed by atoms with E-state index in [1.165, 1.54) is 0 Å². The number of nitrogens with zero attached hydrogens (tertiary/aromatic N) is 2. The highest BCUT2D eigenvalue weighted by atomic mass is 16.5. The van der Waals surface area contributed by atoms with Crippen LogP contribution in [0.2, 0.25) is 0 Å². The average Bonchev–Trinajstić information content (AvgIpc) is 3.82. The molecule has 0 unspecified atom stereocenters. The lowest BCUT2D eigenvalue weighted by Crippen LogP contribution is -2.49. The number of aliphatic hydroxyl groups is 1. The van der Waals surface area contributed by atoms with Crippen molar-refractivity contribution < 1.29 is 24.2 Å². The van der Waals surface area contributed by atoms with Crippen LogP contribution in [0.5, 0.6) is 17.2 Å². The van der Waals surface area contributed by atoms with Gasteiger partial charge in [-0.2, -0.15) is 0 Å². The second-order valence-electron chi connectivity index (χ2n) is 11.4. The van der Waals surface area contributed by atoms with Gasteiger partial charge >= 0.3 is 0 Å². The number of anilines is 1. The van der Waals surface area contributed by atoms with E-state index in [0.29, 0.717) is 36.6 Å². The molecule has 3 aromatic carbocycles. The Morgan fingerprint density at radius 2 is 1.80 bits per heavy atom. The number of carbonyl (C=O) groups excluding carboxylic acids is 2. The molecule has 1 heterocycles. The fourth-order valence-electron chi connectivity index (χ4n) is 5.08. The predicted molar refractivity (Wildman–Crippen MR) is 158 cm³/mol. The molecule has 3 atom stereocenters. The van der Waals surface area contributed by atoms with Gasteiger partial charge in [0.1, 0.15) is 23.4 Å². The number of aliphatic hydroxyl groups excluding tert-OH is 1. The van der Waals surface area contributed by atoms with Crippen molar-refractivity contribution in [3.05, 3.63) is 83.9 Å². The fourth-order valence-corrected chi connectivity index (χ4v) is 5.08. The van der Waals surface area contributed by atoms with Crippen LogP contribution in [0.15, 0.2) is 72.8 Å². The number of fused-ring (bicyclic) bond motifs is 1. The van der Waals surface area contributed by atoms with Gasteiger partial charge in [0, 0.05) is 37.2 Å². The zero-order chi connectivity index (χ0) is 28.9. The summed E-state index contributed by atoms with van der Waals surface area (Å²) in [7, 11) is 2.06. The van der Waals surface area contributed by atoms with E-state index in [1.54, 1.807) is 23.1 Å². The number of benzene rings is 3. The van der Waals surface area contributed by atoms with Crippen molar-refractivity contribution in [2.75, 3.05) is 32.1 Å². The Kier molecular flexibility index (Phi) is 8.90. The summed E-state index contributed by atoms with van der Waals surface area (Å²) in [6.07, 6.45) is 1.60. The van der Waals surface area contributed by atoms with Crippen molar-refractivity contribution >= 4 is 17.5 Å². The van der Waals surface area contributed by atoms with Gasteiger partial charge in [0.15, 0.2) is 0 Å². The van der Waals surface area contributed by atoms with Crippen LogP contribution in [-0.2, 0) is 11.3 Å². The Balaban J connectivity index is 1.30. The number of amides is 2. The van der Waals surface area contributed by atoms with Gasteiger partial charge in [-0.3, -0.25) is 14.5 Å². The molecular formula is C33H39N3O5. The molecule has 0 bridgehead atoms. The SMILES string of the molecule is C[C@@H]1CN([C@H](C)CO)C(=O)c2cc(NC(=O)C3CC3)ccc2O[C@@H]1CN(C)Cc1ccc(Oc2ccccc2)cc1. The molecule has 2 aliphatic rings. The number of nitrogens with one attached hydrogen (secondary N) is 1. The van der Waals surface area contributed by atoms with E-state index in [1.807, 2.05) is 49.4 Å². The molecule has 2 amide bonds. The topological polar surface area (TPSA) is 91.3 Å². The molecule has 0 spiro atoms. The smallest absolute Gasteiger partial charge is 0.258 e. The van der Waals surface area contributed by atoms with E-state index in [4.69, 9.17) is 9.47 Å². The highest BCUT2D eigenvalue weighted by molar-refractivity contribution is 6.00. The largest absolute Gasteiger partial charge is 0.488 e. The minimum atomic E-state index is -0.351. The molecule has 0 radical (unpaired) electrons. The van der Waals surface area contributed by atoms with E-state index < -0.39 is 0 Å². The van der Waals surface area contributed by atoms with E-state index in [0.717, 1.165) is 29.9 Å². The molecule has 41 heavy (non-hydrogen) atoms. The minimum absolute atomic E-state index is 0.0134. The molecule has 2 N–H and O–H groups in total. The van der Waals surface area contributed by atoms with Crippen molar-refractivity contribution in [2.24, 2.45) is 11.8 Å².